The third-order valence-corrected chi connectivity index (χ3v) is 2.55. The molecule has 8 nitrogen and oxygen atoms in total. The SMILES string of the molecule is COCCNC(=O)CN(C)C(=O)c1n[nH]c(C)c1N. The van der Waals surface area contributed by atoms with Gasteiger partial charge in [-0.05, 0) is 6.92 Å². The van der Waals surface area contributed by atoms with Gasteiger partial charge in [-0.15, -0.1) is 0 Å². The van der Waals surface area contributed by atoms with E-state index in [1.807, 2.05) is 0 Å². The van der Waals surface area contributed by atoms with Gasteiger partial charge in [-0.3, -0.25) is 14.7 Å². The minimum atomic E-state index is -0.399. The number of rotatable bonds is 6. The molecule has 106 valence electrons. The molecule has 0 saturated heterocycles. The van der Waals surface area contributed by atoms with Crippen LogP contribution >= 0.6 is 0 Å². The van der Waals surface area contributed by atoms with Gasteiger partial charge in [0.05, 0.1) is 24.5 Å². The van der Waals surface area contributed by atoms with Crippen LogP contribution in [-0.4, -0.2) is 60.8 Å². The minimum absolute atomic E-state index is 0.0616. The van der Waals surface area contributed by atoms with Gasteiger partial charge in [0.2, 0.25) is 5.91 Å². The molecule has 1 heterocycles. The number of nitrogens with zero attached hydrogens (tertiary/aromatic N) is 2. The summed E-state index contributed by atoms with van der Waals surface area (Å²) < 4.78 is 4.81. The molecule has 1 rings (SSSR count). The van der Waals surface area contributed by atoms with Gasteiger partial charge in [-0.1, -0.05) is 0 Å². The topological polar surface area (TPSA) is 113 Å². The van der Waals surface area contributed by atoms with Crippen molar-refractivity contribution in [3.63, 3.8) is 0 Å². The lowest BCUT2D eigenvalue weighted by Crippen LogP contribution is -2.39. The number of nitrogens with one attached hydrogen (secondary N) is 2. The number of H-pyrrole nitrogens is 1. The number of hydrogen-bond donors (Lipinski definition) is 3. The number of amides is 2. The predicted octanol–water partition coefficient (Wildman–Crippen LogP) is -0.865. The van der Waals surface area contributed by atoms with Gasteiger partial charge in [0, 0.05) is 20.7 Å². The summed E-state index contributed by atoms with van der Waals surface area (Å²) >= 11 is 0. The molecule has 2 amide bonds. The van der Waals surface area contributed by atoms with E-state index in [9.17, 15) is 9.59 Å². The predicted molar refractivity (Wildman–Crippen MR) is 69.6 cm³/mol. The molecule has 0 radical (unpaired) electrons. The van der Waals surface area contributed by atoms with Gasteiger partial charge in [0.15, 0.2) is 5.69 Å². The largest absolute Gasteiger partial charge is 0.395 e. The van der Waals surface area contributed by atoms with E-state index in [0.717, 1.165) is 0 Å². The van der Waals surface area contributed by atoms with E-state index in [-0.39, 0.29) is 18.1 Å². The van der Waals surface area contributed by atoms with Crippen molar-refractivity contribution in [1.82, 2.24) is 20.4 Å². The molecule has 0 aliphatic heterocycles. The maximum absolute atomic E-state index is 12.0. The number of carbonyl (C=O) groups is 2. The van der Waals surface area contributed by atoms with Gasteiger partial charge in [-0.2, -0.15) is 5.10 Å². The molecule has 0 fully saturated rings. The number of aryl methyl sites for hydroxylation is 1. The Morgan fingerprint density at radius 3 is 2.74 bits per heavy atom. The summed E-state index contributed by atoms with van der Waals surface area (Å²) in [6, 6.07) is 0. The molecular formula is C11H19N5O3. The zero-order chi connectivity index (χ0) is 14.4. The molecule has 8 heteroatoms. The maximum atomic E-state index is 12.0. The van der Waals surface area contributed by atoms with E-state index >= 15 is 0 Å². The average Bonchev–Trinajstić information content (AvgIpc) is 2.69. The third kappa shape index (κ3) is 3.95. The lowest BCUT2D eigenvalue weighted by atomic mass is 10.3. The second-order valence-electron chi connectivity index (χ2n) is 4.11. The number of carbonyl (C=O) groups excluding carboxylic acids is 2. The summed E-state index contributed by atoms with van der Waals surface area (Å²) in [7, 11) is 3.06. The molecule has 0 aliphatic rings. The van der Waals surface area contributed by atoms with Crippen LogP contribution in [0.5, 0.6) is 0 Å². The molecule has 0 atom stereocenters. The summed E-state index contributed by atoms with van der Waals surface area (Å²) in [6.45, 7) is 2.49. The lowest BCUT2D eigenvalue weighted by Gasteiger charge is -2.15. The molecule has 4 N–H and O–H groups in total. The molecule has 0 spiro atoms. The highest BCUT2D eigenvalue weighted by molar-refractivity contribution is 5.99. The van der Waals surface area contributed by atoms with Crippen LogP contribution in [-0.2, 0) is 9.53 Å². The Morgan fingerprint density at radius 2 is 2.21 bits per heavy atom. The van der Waals surface area contributed by atoms with E-state index in [1.54, 1.807) is 14.0 Å². The maximum Gasteiger partial charge on any atom is 0.276 e. The van der Waals surface area contributed by atoms with Gasteiger partial charge >= 0.3 is 0 Å². The van der Waals surface area contributed by atoms with Crippen LogP contribution in [0.15, 0.2) is 0 Å². The van der Waals surface area contributed by atoms with Crippen LogP contribution in [0.4, 0.5) is 5.69 Å². The van der Waals surface area contributed by atoms with Crippen molar-refractivity contribution in [2.75, 3.05) is 39.6 Å². The fourth-order valence-corrected chi connectivity index (χ4v) is 1.42. The monoisotopic (exact) mass is 269 g/mol. The Labute approximate surface area is 111 Å². The Morgan fingerprint density at radius 1 is 1.53 bits per heavy atom. The van der Waals surface area contributed by atoms with Gasteiger partial charge in [0.1, 0.15) is 0 Å². The normalized spacial score (nSPS) is 10.3. The number of nitrogen functional groups attached to an aromatic ring is 1. The zero-order valence-electron chi connectivity index (χ0n) is 11.3. The molecule has 0 unspecified atom stereocenters. The van der Waals surface area contributed by atoms with Crippen molar-refractivity contribution >= 4 is 17.5 Å². The van der Waals surface area contributed by atoms with E-state index in [1.165, 1.54) is 11.9 Å². The summed E-state index contributed by atoms with van der Waals surface area (Å²) in [5.74, 6) is -0.664. The first-order chi connectivity index (χ1) is 8.97. The molecule has 1 aromatic heterocycles. The van der Waals surface area contributed by atoms with Crippen LogP contribution < -0.4 is 11.1 Å². The Balaban J connectivity index is 2.53. The molecule has 0 aliphatic carbocycles. The van der Waals surface area contributed by atoms with Crippen LogP contribution in [0.3, 0.4) is 0 Å². The highest BCUT2D eigenvalue weighted by Crippen LogP contribution is 2.13. The van der Waals surface area contributed by atoms with E-state index in [0.29, 0.717) is 24.5 Å². The van der Waals surface area contributed by atoms with Crippen molar-refractivity contribution in [2.24, 2.45) is 0 Å². The first-order valence-corrected chi connectivity index (χ1v) is 5.79. The fraction of sp³-hybridized carbons (Fsp3) is 0.545. The van der Waals surface area contributed by atoms with Crippen LogP contribution in [0, 0.1) is 6.92 Å². The smallest absolute Gasteiger partial charge is 0.276 e. The first-order valence-electron chi connectivity index (χ1n) is 5.79. The highest BCUT2D eigenvalue weighted by atomic mass is 16.5. The zero-order valence-corrected chi connectivity index (χ0v) is 11.3. The van der Waals surface area contributed by atoms with Crippen LogP contribution in [0.2, 0.25) is 0 Å². The highest BCUT2D eigenvalue weighted by Gasteiger charge is 2.20. The Kier molecular flexibility index (Phi) is 5.31. The number of hydrogen-bond acceptors (Lipinski definition) is 5. The van der Waals surface area contributed by atoms with Gasteiger partial charge in [0.25, 0.3) is 5.91 Å². The Hall–Kier alpha value is -2.09. The summed E-state index contributed by atoms with van der Waals surface area (Å²) in [5, 5.41) is 9.08. The third-order valence-electron chi connectivity index (χ3n) is 2.55. The average molecular weight is 269 g/mol. The minimum Gasteiger partial charge on any atom is -0.395 e. The fourth-order valence-electron chi connectivity index (χ4n) is 1.42. The summed E-state index contributed by atoms with van der Waals surface area (Å²) in [4.78, 5) is 24.8. The number of aromatic nitrogens is 2. The molecule has 0 bridgehead atoms. The van der Waals surface area contributed by atoms with E-state index in [2.05, 4.69) is 15.5 Å². The van der Waals surface area contributed by atoms with E-state index < -0.39 is 5.91 Å². The first kappa shape index (κ1) is 15.0. The van der Waals surface area contributed by atoms with Crippen molar-refractivity contribution < 1.29 is 14.3 Å². The molecular weight excluding hydrogens is 250 g/mol. The van der Waals surface area contributed by atoms with Crippen molar-refractivity contribution in [1.29, 1.82) is 0 Å². The van der Waals surface area contributed by atoms with Gasteiger partial charge in [-0.25, -0.2) is 0 Å². The van der Waals surface area contributed by atoms with Crippen molar-refractivity contribution in [3.05, 3.63) is 11.4 Å². The summed E-state index contributed by atoms with van der Waals surface area (Å²) in [5.41, 5.74) is 6.77. The quantitative estimate of drug-likeness (QED) is 0.581. The number of nitrogens with two attached hydrogens (primary N) is 1. The number of methoxy groups -OCH3 is 1. The van der Waals surface area contributed by atoms with Crippen LogP contribution in [0.1, 0.15) is 16.2 Å². The number of aromatic amines is 1. The lowest BCUT2D eigenvalue weighted by molar-refractivity contribution is -0.121. The van der Waals surface area contributed by atoms with Crippen molar-refractivity contribution in [3.8, 4) is 0 Å². The second kappa shape index (κ2) is 6.74. The standard InChI is InChI=1S/C11H19N5O3/c1-7-9(12)10(15-14-7)11(18)16(2)6-8(17)13-4-5-19-3/h4-6,12H2,1-3H3,(H,13,17)(H,14,15). The van der Waals surface area contributed by atoms with E-state index in [4.69, 9.17) is 10.5 Å². The molecule has 0 aromatic carbocycles. The van der Waals surface area contributed by atoms with Crippen LogP contribution in [0.25, 0.3) is 0 Å². The number of ether oxygens (including phenoxy) is 1. The number of anilines is 1. The number of likely N-dealkylation sites (N-methyl/N-ethyl adjacent to an activating group) is 1. The Bertz CT molecular complexity index is 457. The van der Waals surface area contributed by atoms with Crippen molar-refractivity contribution in [2.45, 2.75) is 6.92 Å². The van der Waals surface area contributed by atoms with Gasteiger partial charge < -0.3 is 20.7 Å². The molecule has 19 heavy (non-hydrogen) atoms. The molecule has 0 saturated carbocycles. The molecule has 1 aromatic rings. The summed E-state index contributed by atoms with van der Waals surface area (Å²) in [6.07, 6.45) is 0. The second-order valence-corrected chi connectivity index (χ2v) is 4.11.